The standard InChI is InChI=1S/C25H32N6O6S.C2H4O2/c1-3-37-25(34)21(29-38(35,36)20-10-4-17(2)5-11-20)14-28-22(32)15-31-13-12-30(16-23(31)33)19-8-6-18(7-9-19)24(26)27;1-2(3)4/h4-11,21,29H,3,12-16H2,1-2H3,(H3,26,27)(H,28,32);1H3,(H,3,4)/t21-;/m0./s1. The van der Waals surface area contributed by atoms with Gasteiger partial charge in [0, 0.05) is 37.8 Å². The number of nitrogens with zero attached hydrogens (tertiary/aromatic N) is 2. The van der Waals surface area contributed by atoms with E-state index in [4.69, 9.17) is 25.8 Å². The van der Waals surface area contributed by atoms with Crippen LogP contribution in [0.1, 0.15) is 25.0 Å². The number of carbonyl (C=O) groups excluding carboxylic acids is 3. The Morgan fingerprint density at radius 2 is 1.69 bits per heavy atom. The molecule has 3 rings (SSSR count). The van der Waals surface area contributed by atoms with Crippen LogP contribution in [0.25, 0.3) is 0 Å². The summed E-state index contributed by atoms with van der Waals surface area (Å²) in [5, 5.41) is 17.4. The van der Waals surface area contributed by atoms with E-state index in [1.807, 2.05) is 11.8 Å². The van der Waals surface area contributed by atoms with Crippen molar-refractivity contribution < 1.29 is 37.4 Å². The van der Waals surface area contributed by atoms with Crippen molar-refractivity contribution in [3.05, 3.63) is 59.7 Å². The van der Waals surface area contributed by atoms with E-state index in [0.29, 0.717) is 18.7 Å². The predicted octanol–water partition coefficient (Wildman–Crippen LogP) is 0.0450. The number of piperazine rings is 1. The second-order valence-corrected chi connectivity index (χ2v) is 11.0. The summed E-state index contributed by atoms with van der Waals surface area (Å²) in [5.41, 5.74) is 7.73. The molecular weight excluding hydrogens is 568 g/mol. The summed E-state index contributed by atoms with van der Waals surface area (Å²) >= 11 is 0. The van der Waals surface area contributed by atoms with Gasteiger partial charge in [0.05, 0.1) is 24.6 Å². The SMILES string of the molecule is CC(=O)O.CCOC(=O)[C@H](CNC(=O)CN1CCN(c2ccc(C(=N)N)cc2)CC1=O)NS(=O)(=O)c1ccc(C)cc1. The van der Waals surface area contributed by atoms with Crippen LogP contribution in [0.4, 0.5) is 5.69 Å². The zero-order valence-corrected chi connectivity index (χ0v) is 24.4. The van der Waals surface area contributed by atoms with Crippen LogP contribution in [0.2, 0.25) is 0 Å². The van der Waals surface area contributed by atoms with E-state index in [1.54, 1.807) is 43.3 Å². The van der Waals surface area contributed by atoms with Crippen LogP contribution in [-0.4, -0.2) is 93.4 Å². The number of nitrogens with two attached hydrogens (primary N) is 1. The number of carbonyl (C=O) groups is 4. The van der Waals surface area contributed by atoms with Crippen LogP contribution >= 0.6 is 0 Å². The number of esters is 1. The zero-order chi connectivity index (χ0) is 31.4. The highest BCUT2D eigenvalue weighted by molar-refractivity contribution is 7.89. The molecule has 15 heteroatoms. The Labute approximate surface area is 244 Å². The molecule has 0 unspecified atom stereocenters. The molecule has 1 saturated heterocycles. The zero-order valence-electron chi connectivity index (χ0n) is 23.6. The van der Waals surface area contributed by atoms with Crippen molar-refractivity contribution in [2.45, 2.75) is 31.7 Å². The average molecular weight is 605 g/mol. The number of aliphatic carboxylic acids is 1. The number of anilines is 1. The maximum atomic E-state index is 12.8. The summed E-state index contributed by atoms with van der Waals surface area (Å²) in [6, 6.07) is 11.7. The largest absolute Gasteiger partial charge is 0.481 e. The van der Waals surface area contributed by atoms with Gasteiger partial charge in [-0.15, -0.1) is 0 Å². The summed E-state index contributed by atoms with van der Waals surface area (Å²) in [7, 11) is -4.05. The van der Waals surface area contributed by atoms with Gasteiger partial charge in [0.15, 0.2) is 0 Å². The Bertz CT molecular complexity index is 1380. The molecule has 2 aromatic carbocycles. The van der Waals surface area contributed by atoms with E-state index >= 15 is 0 Å². The van der Waals surface area contributed by atoms with E-state index in [9.17, 15) is 22.8 Å². The van der Waals surface area contributed by atoms with E-state index in [1.165, 1.54) is 17.0 Å². The molecule has 0 bridgehead atoms. The molecule has 14 nitrogen and oxygen atoms in total. The van der Waals surface area contributed by atoms with Gasteiger partial charge in [-0.25, -0.2) is 8.42 Å². The number of nitrogens with one attached hydrogen (secondary N) is 3. The van der Waals surface area contributed by atoms with Gasteiger partial charge in [-0.05, 0) is 50.2 Å². The molecule has 0 saturated carbocycles. The molecule has 6 N–H and O–H groups in total. The lowest BCUT2D eigenvalue weighted by molar-refractivity contribution is -0.145. The average Bonchev–Trinajstić information content (AvgIpc) is 2.92. The van der Waals surface area contributed by atoms with Crippen LogP contribution in [0.15, 0.2) is 53.4 Å². The molecule has 42 heavy (non-hydrogen) atoms. The second kappa shape index (κ2) is 15.5. The molecular formula is C27H36N6O8S. The molecule has 0 aromatic heterocycles. The number of carboxylic acids is 1. The van der Waals surface area contributed by atoms with Gasteiger partial charge < -0.3 is 30.7 Å². The number of hydrogen-bond donors (Lipinski definition) is 5. The fourth-order valence-corrected chi connectivity index (χ4v) is 4.97. The van der Waals surface area contributed by atoms with Crippen molar-refractivity contribution in [2.24, 2.45) is 5.73 Å². The minimum absolute atomic E-state index is 0.0249. The Balaban J connectivity index is 0.00000144. The molecule has 1 atom stereocenters. The van der Waals surface area contributed by atoms with Crippen LogP contribution in [0, 0.1) is 12.3 Å². The maximum Gasteiger partial charge on any atom is 0.326 e. The van der Waals surface area contributed by atoms with Crippen molar-refractivity contribution in [3.8, 4) is 0 Å². The highest BCUT2D eigenvalue weighted by Crippen LogP contribution is 2.18. The third kappa shape index (κ3) is 10.5. The van der Waals surface area contributed by atoms with Gasteiger partial charge in [-0.3, -0.25) is 24.6 Å². The minimum Gasteiger partial charge on any atom is -0.481 e. The quantitative estimate of drug-likeness (QED) is 0.132. The molecule has 0 aliphatic carbocycles. The van der Waals surface area contributed by atoms with Crippen LogP contribution in [0.3, 0.4) is 0 Å². The number of nitrogen functional groups attached to an aromatic ring is 1. The number of ether oxygens (including phenoxy) is 1. The first-order valence-electron chi connectivity index (χ1n) is 12.9. The normalized spacial score (nSPS) is 13.8. The molecule has 2 amide bonds. The number of benzene rings is 2. The molecule has 2 aromatic rings. The number of aryl methyl sites for hydroxylation is 1. The van der Waals surface area contributed by atoms with Crippen molar-refractivity contribution in [1.29, 1.82) is 5.41 Å². The first-order chi connectivity index (χ1) is 19.7. The van der Waals surface area contributed by atoms with Gasteiger partial charge in [-0.2, -0.15) is 4.72 Å². The van der Waals surface area contributed by atoms with Gasteiger partial charge in [0.25, 0.3) is 5.97 Å². The lowest BCUT2D eigenvalue weighted by atomic mass is 10.1. The fourth-order valence-electron chi connectivity index (χ4n) is 3.78. The highest BCUT2D eigenvalue weighted by Gasteiger charge is 2.29. The van der Waals surface area contributed by atoms with Crippen molar-refractivity contribution in [3.63, 3.8) is 0 Å². The lowest BCUT2D eigenvalue weighted by Gasteiger charge is -2.35. The van der Waals surface area contributed by atoms with E-state index in [-0.39, 0.29) is 42.9 Å². The smallest absolute Gasteiger partial charge is 0.326 e. The molecule has 228 valence electrons. The number of amides is 2. The van der Waals surface area contributed by atoms with Gasteiger partial charge in [-0.1, -0.05) is 17.7 Å². The molecule has 0 spiro atoms. The monoisotopic (exact) mass is 604 g/mol. The summed E-state index contributed by atoms with van der Waals surface area (Å²) in [6.45, 7) is 4.78. The lowest BCUT2D eigenvalue weighted by Crippen LogP contribution is -2.54. The number of hydrogen-bond acceptors (Lipinski definition) is 9. The molecule has 1 heterocycles. The molecule has 0 radical (unpaired) electrons. The Hall–Kier alpha value is -4.50. The number of carboxylic acid groups (broad SMARTS) is 1. The fraction of sp³-hybridized carbons (Fsp3) is 0.370. The predicted molar refractivity (Wildman–Crippen MR) is 154 cm³/mol. The van der Waals surface area contributed by atoms with Crippen LogP contribution in [-0.2, 0) is 33.9 Å². The van der Waals surface area contributed by atoms with Gasteiger partial charge in [0.2, 0.25) is 21.8 Å². The minimum atomic E-state index is -4.05. The van der Waals surface area contributed by atoms with E-state index in [2.05, 4.69) is 10.0 Å². The number of sulfonamides is 1. The van der Waals surface area contributed by atoms with Crippen LogP contribution in [0.5, 0.6) is 0 Å². The summed E-state index contributed by atoms with van der Waals surface area (Å²) < 4.78 is 32.8. The first-order valence-corrected chi connectivity index (χ1v) is 14.4. The number of rotatable bonds is 11. The van der Waals surface area contributed by atoms with Gasteiger partial charge >= 0.3 is 5.97 Å². The molecule has 1 fully saturated rings. The van der Waals surface area contributed by atoms with Crippen LogP contribution < -0.4 is 20.7 Å². The molecule has 1 aliphatic heterocycles. The maximum absolute atomic E-state index is 12.8. The van der Waals surface area contributed by atoms with E-state index < -0.39 is 33.9 Å². The van der Waals surface area contributed by atoms with Gasteiger partial charge in [0.1, 0.15) is 11.9 Å². The Morgan fingerprint density at radius 3 is 2.21 bits per heavy atom. The summed E-state index contributed by atoms with van der Waals surface area (Å²) in [6.07, 6.45) is 0. The van der Waals surface area contributed by atoms with E-state index in [0.717, 1.165) is 18.2 Å². The third-order valence-corrected chi connectivity index (χ3v) is 7.39. The summed E-state index contributed by atoms with van der Waals surface area (Å²) in [4.78, 5) is 49.9. The Morgan fingerprint density at radius 1 is 1.10 bits per heavy atom. The van der Waals surface area contributed by atoms with Crippen molar-refractivity contribution >= 4 is 45.3 Å². The third-order valence-electron chi connectivity index (χ3n) is 5.90. The molecule has 1 aliphatic rings. The summed E-state index contributed by atoms with van der Waals surface area (Å²) in [5.74, 6) is -2.51. The van der Waals surface area contributed by atoms with Crippen molar-refractivity contribution in [2.75, 3.05) is 44.2 Å². The topological polar surface area (TPSA) is 212 Å². The highest BCUT2D eigenvalue weighted by atomic mass is 32.2. The first kappa shape index (κ1) is 33.7. The second-order valence-electron chi connectivity index (χ2n) is 9.26. The Kier molecular flexibility index (Phi) is 12.4. The van der Waals surface area contributed by atoms with Crippen molar-refractivity contribution in [1.82, 2.24) is 14.9 Å². The number of amidine groups is 1.